The van der Waals surface area contributed by atoms with Crippen LogP contribution in [0.1, 0.15) is 75.3 Å². The molecule has 4 rings (SSSR count). The predicted molar refractivity (Wildman–Crippen MR) is 122 cm³/mol. The van der Waals surface area contributed by atoms with Gasteiger partial charge in [-0.25, -0.2) is 0 Å². The van der Waals surface area contributed by atoms with E-state index in [1.807, 2.05) is 0 Å². The van der Waals surface area contributed by atoms with Crippen molar-refractivity contribution >= 4 is 11.4 Å². The van der Waals surface area contributed by atoms with Gasteiger partial charge in [0.25, 0.3) is 0 Å². The molecule has 3 unspecified atom stereocenters. The van der Waals surface area contributed by atoms with E-state index in [9.17, 15) is 4.55 Å². The topological polar surface area (TPSA) is 65.6 Å². The van der Waals surface area contributed by atoms with Gasteiger partial charge in [0.15, 0.2) is 0 Å². The summed E-state index contributed by atoms with van der Waals surface area (Å²) in [6, 6.07) is 7.10. The fourth-order valence-corrected chi connectivity index (χ4v) is 6.19. The van der Waals surface area contributed by atoms with Crippen LogP contribution in [0.25, 0.3) is 0 Å². The largest absolute Gasteiger partial charge is 0.598 e. The molecule has 1 aromatic rings. The Hall–Kier alpha value is -0.790. The Morgan fingerprint density at radius 2 is 1.93 bits per heavy atom. The van der Waals surface area contributed by atoms with Crippen LogP contribution in [0.5, 0.6) is 5.75 Å². The Labute approximate surface area is 185 Å². The number of ether oxygens (including phenoxy) is 2. The van der Waals surface area contributed by atoms with Crippen LogP contribution in [0.15, 0.2) is 18.2 Å². The Balaban J connectivity index is 1.26. The van der Waals surface area contributed by atoms with Crippen LogP contribution in [0.4, 0.5) is 0 Å². The molecule has 1 aromatic carbocycles. The summed E-state index contributed by atoms with van der Waals surface area (Å²) in [4.78, 5) is 0. The molecular formula is C24H38N2O3S. The van der Waals surface area contributed by atoms with Crippen LogP contribution in [0, 0.1) is 6.92 Å². The summed E-state index contributed by atoms with van der Waals surface area (Å²) in [7, 11) is 0. The van der Waals surface area contributed by atoms with Crippen molar-refractivity contribution in [2.45, 2.75) is 94.6 Å². The maximum atomic E-state index is 12.3. The van der Waals surface area contributed by atoms with E-state index in [1.54, 1.807) is 0 Å². The normalized spacial score (nSPS) is 30.8. The van der Waals surface area contributed by atoms with Gasteiger partial charge < -0.3 is 19.3 Å². The zero-order valence-electron chi connectivity index (χ0n) is 18.5. The van der Waals surface area contributed by atoms with Gasteiger partial charge in [-0.3, -0.25) is 0 Å². The Kier molecular flexibility index (Phi) is 7.98. The lowest BCUT2D eigenvalue weighted by Gasteiger charge is -2.35. The minimum absolute atomic E-state index is 0.262. The third kappa shape index (κ3) is 5.92. The highest BCUT2D eigenvalue weighted by Crippen LogP contribution is 2.39. The molecule has 3 fully saturated rings. The van der Waals surface area contributed by atoms with Crippen molar-refractivity contribution in [2.24, 2.45) is 0 Å². The van der Waals surface area contributed by atoms with Crippen LogP contribution < -0.4 is 14.8 Å². The molecule has 2 saturated carbocycles. The van der Waals surface area contributed by atoms with Gasteiger partial charge in [-0.15, -0.1) is 4.72 Å². The molecule has 0 amide bonds. The molecule has 3 aliphatic rings. The Bertz CT molecular complexity index is 676. The number of aryl methyl sites for hydroxylation is 1. The van der Waals surface area contributed by atoms with Gasteiger partial charge in [0.1, 0.15) is 11.0 Å². The van der Waals surface area contributed by atoms with Gasteiger partial charge in [-0.05, 0) is 76.5 Å². The summed E-state index contributed by atoms with van der Waals surface area (Å²) in [5, 5.41) is 3.98. The van der Waals surface area contributed by atoms with Gasteiger partial charge in [0, 0.05) is 24.2 Å². The molecule has 5 nitrogen and oxygen atoms in total. The molecule has 0 spiro atoms. The molecule has 0 bridgehead atoms. The first kappa shape index (κ1) is 22.4. The number of benzene rings is 1. The molecule has 30 heavy (non-hydrogen) atoms. The minimum atomic E-state index is -0.877. The maximum absolute atomic E-state index is 12.3. The van der Waals surface area contributed by atoms with Crippen LogP contribution in [0.2, 0.25) is 0 Å². The fourth-order valence-electron chi connectivity index (χ4n) is 4.85. The first-order chi connectivity index (χ1) is 14.6. The Morgan fingerprint density at radius 1 is 1.13 bits per heavy atom. The van der Waals surface area contributed by atoms with Crippen LogP contribution in [-0.2, 0) is 16.1 Å². The summed E-state index contributed by atoms with van der Waals surface area (Å²) in [6.45, 7) is 6.66. The number of hydrogen-bond donors (Lipinski definition) is 2. The molecule has 2 N–H and O–H groups in total. The second-order valence-corrected chi connectivity index (χ2v) is 10.7. The van der Waals surface area contributed by atoms with E-state index in [0.29, 0.717) is 30.5 Å². The fraction of sp³-hybridized carbons (Fsp3) is 0.750. The molecule has 1 aliphatic heterocycles. The SMILES string of the molecule is CCOc1ccc(C)cc1[C@H]1CC[C@@H](OCC2NCCCC2N[S+]([O-])C2CC2)CC1. The van der Waals surface area contributed by atoms with Crippen molar-refractivity contribution < 1.29 is 14.0 Å². The van der Waals surface area contributed by atoms with E-state index in [-0.39, 0.29) is 12.1 Å². The van der Waals surface area contributed by atoms with Crippen LogP contribution in [-0.4, -0.2) is 47.7 Å². The van der Waals surface area contributed by atoms with Gasteiger partial charge in [-0.2, -0.15) is 0 Å². The van der Waals surface area contributed by atoms with E-state index in [0.717, 1.165) is 63.7 Å². The number of hydrogen-bond acceptors (Lipinski definition) is 5. The minimum Gasteiger partial charge on any atom is -0.598 e. The zero-order valence-corrected chi connectivity index (χ0v) is 19.3. The van der Waals surface area contributed by atoms with E-state index in [4.69, 9.17) is 9.47 Å². The smallest absolute Gasteiger partial charge is 0.135 e. The molecule has 1 saturated heterocycles. The lowest BCUT2D eigenvalue weighted by Crippen LogP contribution is -2.56. The summed E-state index contributed by atoms with van der Waals surface area (Å²) in [5.41, 5.74) is 2.67. The van der Waals surface area contributed by atoms with E-state index in [2.05, 4.69) is 42.1 Å². The molecule has 3 atom stereocenters. The summed E-state index contributed by atoms with van der Waals surface area (Å²) in [6.07, 6.45) is 9.27. The summed E-state index contributed by atoms with van der Waals surface area (Å²) >= 11 is -0.877. The van der Waals surface area contributed by atoms with Gasteiger partial charge in [0.2, 0.25) is 0 Å². The van der Waals surface area contributed by atoms with Crippen molar-refractivity contribution in [3.63, 3.8) is 0 Å². The molecule has 6 heteroatoms. The standard InChI is InChI=1S/C24H38N2O3S/c1-3-28-24-13-6-17(2)15-21(24)18-7-9-19(10-8-18)29-16-23-22(5-4-14-25-23)26-30(27)20-11-12-20/h6,13,15,18-20,22-23,25-26H,3-5,7-12,14,16H2,1-2H3/t18-,19+,22?,23?,30?. The highest BCUT2D eigenvalue weighted by atomic mass is 32.2. The molecule has 2 aliphatic carbocycles. The lowest BCUT2D eigenvalue weighted by atomic mass is 9.82. The quantitative estimate of drug-likeness (QED) is 0.576. The van der Waals surface area contributed by atoms with Gasteiger partial charge >= 0.3 is 0 Å². The molecule has 0 aromatic heterocycles. The number of rotatable bonds is 9. The van der Waals surface area contributed by atoms with E-state index >= 15 is 0 Å². The van der Waals surface area contributed by atoms with Crippen LogP contribution >= 0.6 is 0 Å². The van der Waals surface area contributed by atoms with Crippen LogP contribution in [0.3, 0.4) is 0 Å². The molecule has 1 heterocycles. The van der Waals surface area contributed by atoms with Crippen molar-refractivity contribution in [1.29, 1.82) is 0 Å². The van der Waals surface area contributed by atoms with Crippen molar-refractivity contribution in [3.05, 3.63) is 29.3 Å². The van der Waals surface area contributed by atoms with E-state index in [1.165, 1.54) is 11.1 Å². The van der Waals surface area contributed by atoms with Gasteiger partial charge in [-0.1, -0.05) is 17.7 Å². The third-order valence-corrected chi connectivity index (χ3v) is 8.38. The molecular weight excluding hydrogens is 396 g/mol. The van der Waals surface area contributed by atoms with E-state index < -0.39 is 11.4 Å². The highest BCUT2D eigenvalue weighted by Gasteiger charge is 2.38. The molecule has 168 valence electrons. The first-order valence-electron chi connectivity index (χ1n) is 11.9. The first-order valence-corrected chi connectivity index (χ1v) is 13.1. The summed E-state index contributed by atoms with van der Waals surface area (Å²) in [5.74, 6) is 1.62. The average Bonchev–Trinajstić information content (AvgIpc) is 3.61. The summed E-state index contributed by atoms with van der Waals surface area (Å²) < 4.78 is 28.0. The molecule has 0 radical (unpaired) electrons. The van der Waals surface area contributed by atoms with Crippen molar-refractivity contribution in [3.8, 4) is 5.75 Å². The van der Waals surface area contributed by atoms with Crippen molar-refractivity contribution in [1.82, 2.24) is 10.0 Å². The average molecular weight is 435 g/mol. The van der Waals surface area contributed by atoms with Gasteiger partial charge in [0.05, 0.1) is 31.4 Å². The lowest BCUT2D eigenvalue weighted by molar-refractivity contribution is 0.00509. The zero-order chi connectivity index (χ0) is 20.9. The second kappa shape index (κ2) is 10.7. The number of nitrogens with one attached hydrogen (secondary N) is 2. The number of piperidine rings is 1. The predicted octanol–water partition coefficient (Wildman–Crippen LogP) is 3.97. The Morgan fingerprint density at radius 3 is 2.67 bits per heavy atom. The second-order valence-electron chi connectivity index (χ2n) is 9.21. The highest BCUT2D eigenvalue weighted by molar-refractivity contribution is 7.90. The maximum Gasteiger partial charge on any atom is 0.135 e. The van der Waals surface area contributed by atoms with Crippen molar-refractivity contribution in [2.75, 3.05) is 19.8 Å². The monoisotopic (exact) mass is 434 g/mol. The third-order valence-electron chi connectivity index (χ3n) is 6.77.